The smallest absolute Gasteiger partial charge is 0.270 e. The van der Waals surface area contributed by atoms with Crippen LogP contribution in [-0.2, 0) is 0 Å². The lowest BCUT2D eigenvalue weighted by Crippen LogP contribution is -2.33. The number of aliphatic hydroxyl groups is 1. The summed E-state index contributed by atoms with van der Waals surface area (Å²) in [5.41, 5.74) is 1.91. The first-order chi connectivity index (χ1) is 12.0. The van der Waals surface area contributed by atoms with Crippen molar-refractivity contribution in [3.05, 3.63) is 46.7 Å². The summed E-state index contributed by atoms with van der Waals surface area (Å²) < 4.78 is 0. The molecule has 1 aromatic carbocycles. The maximum Gasteiger partial charge on any atom is 0.270 e. The molecule has 6 heteroatoms. The maximum absolute atomic E-state index is 12.5. The molecule has 2 aromatic rings. The number of benzene rings is 1. The second-order valence-electron chi connectivity index (χ2n) is 6.62. The number of amides is 1. The van der Waals surface area contributed by atoms with Crippen LogP contribution in [0.4, 0.5) is 0 Å². The van der Waals surface area contributed by atoms with Gasteiger partial charge < -0.3 is 10.4 Å². The second kappa shape index (κ2) is 7.93. The number of halogens is 1. The van der Waals surface area contributed by atoms with Crippen molar-refractivity contribution in [2.75, 3.05) is 6.54 Å². The largest absolute Gasteiger partial charge is 0.393 e. The van der Waals surface area contributed by atoms with Crippen molar-refractivity contribution in [2.45, 2.75) is 38.7 Å². The summed E-state index contributed by atoms with van der Waals surface area (Å²) >= 11 is 5.91. The Balaban J connectivity index is 1.71. The average Bonchev–Trinajstić information content (AvgIpc) is 2.60. The van der Waals surface area contributed by atoms with Crippen molar-refractivity contribution >= 4 is 17.5 Å². The number of aromatic nitrogens is 2. The van der Waals surface area contributed by atoms with Crippen molar-refractivity contribution in [3.8, 4) is 11.4 Å². The highest BCUT2D eigenvalue weighted by molar-refractivity contribution is 6.30. The Labute approximate surface area is 152 Å². The van der Waals surface area contributed by atoms with Crippen molar-refractivity contribution in [1.29, 1.82) is 0 Å². The number of aryl methyl sites for hydroxylation is 1. The van der Waals surface area contributed by atoms with Crippen LogP contribution >= 0.6 is 11.6 Å². The van der Waals surface area contributed by atoms with Gasteiger partial charge in [0.05, 0.1) is 6.10 Å². The molecule has 1 heterocycles. The summed E-state index contributed by atoms with van der Waals surface area (Å²) in [5.74, 6) is 0.627. The molecule has 2 atom stereocenters. The van der Waals surface area contributed by atoms with E-state index in [0.29, 0.717) is 29.0 Å². The van der Waals surface area contributed by atoms with E-state index in [2.05, 4.69) is 15.3 Å². The standard InChI is InChI=1S/C19H22ClN3O2/c1-12-9-17(19(25)21-11-13-3-2-4-16(24)10-13)23-18(22-12)14-5-7-15(20)8-6-14/h5-9,13,16,24H,2-4,10-11H2,1H3,(H,21,25). The number of rotatable bonds is 4. The summed E-state index contributed by atoms with van der Waals surface area (Å²) in [6, 6.07) is 8.91. The molecule has 3 rings (SSSR count). The van der Waals surface area contributed by atoms with Crippen molar-refractivity contribution < 1.29 is 9.90 Å². The van der Waals surface area contributed by atoms with Gasteiger partial charge in [0.15, 0.2) is 5.82 Å². The Morgan fingerprint density at radius 3 is 2.76 bits per heavy atom. The van der Waals surface area contributed by atoms with Gasteiger partial charge in [-0.1, -0.05) is 18.0 Å². The zero-order chi connectivity index (χ0) is 17.8. The molecule has 5 nitrogen and oxygen atoms in total. The van der Waals surface area contributed by atoms with Crippen LogP contribution in [0.3, 0.4) is 0 Å². The summed E-state index contributed by atoms with van der Waals surface area (Å²) in [5, 5.41) is 13.3. The first kappa shape index (κ1) is 17.8. The highest BCUT2D eigenvalue weighted by Crippen LogP contribution is 2.23. The van der Waals surface area contributed by atoms with Crippen LogP contribution in [-0.4, -0.2) is 33.6 Å². The summed E-state index contributed by atoms with van der Waals surface area (Å²) in [4.78, 5) is 21.3. The SMILES string of the molecule is Cc1cc(C(=O)NCC2CCCC(O)C2)nc(-c2ccc(Cl)cc2)n1. The highest BCUT2D eigenvalue weighted by Gasteiger charge is 2.21. The van der Waals surface area contributed by atoms with E-state index in [0.717, 1.165) is 36.9 Å². The van der Waals surface area contributed by atoms with Gasteiger partial charge in [0.2, 0.25) is 0 Å². The summed E-state index contributed by atoms with van der Waals surface area (Å²) in [7, 11) is 0. The molecule has 1 saturated carbocycles. The lowest BCUT2D eigenvalue weighted by atomic mass is 9.87. The number of hydrogen-bond donors (Lipinski definition) is 2. The summed E-state index contributed by atoms with van der Waals surface area (Å²) in [6.07, 6.45) is 3.41. The second-order valence-corrected chi connectivity index (χ2v) is 7.06. The molecular formula is C19H22ClN3O2. The Kier molecular flexibility index (Phi) is 5.66. The molecule has 1 amide bonds. The van der Waals surface area contributed by atoms with Gasteiger partial charge in [-0.25, -0.2) is 9.97 Å². The van der Waals surface area contributed by atoms with E-state index < -0.39 is 0 Å². The predicted octanol–water partition coefficient (Wildman–Crippen LogP) is 3.39. The van der Waals surface area contributed by atoms with Crippen molar-refractivity contribution in [1.82, 2.24) is 15.3 Å². The van der Waals surface area contributed by atoms with E-state index in [1.165, 1.54) is 0 Å². The molecule has 25 heavy (non-hydrogen) atoms. The van der Waals surface area contributed by atoms with Gasteiger partial charge in [-0.3, -0.25) is 4.79 Å². The van der Waals surface area contributed by atoms with Crippen LogP contribution in [0.2, 0.25) is 5.02 Å². The third-order valence-corrected chi connectivity index (χ3v) is 4.75. The average molecular weight is 360 g/mol. The van der Waals surface area contributed by atoms with Gasteiger partial charge in [0, 0.05) is 22.8 Å². The number of nitrogens with zero attached hydrogens (tertiary/aromatic N) is 2. The monoisotopic (exact) mass is 359 g/mol. The van der Waals surface area contributed by atoms with Gasteiger partial charge in [-0.15, -0.1) is 0 Å². The van der Waals surface area contributed by atoms with Crippen LogP contribution in [0.5, 0.6) is 0 Å². The molecule has 0 aliphatic heterocycles. The fourth-order valence-electron chi connectivity index (χ4n) is 3.19. The third-order valence-electron chi connectivity index (χ3n) is 4.50. The molecule has 0 bridgehead atoms. The fourth-order valence-corrected chi connectivity index (χ4v) is 3.31. The van der Waals surface area contributed by atoms with Crippen LogP contribution in [0.1, 0.15) is 41.9 Å². The van der Waals surface area contributed by atoms with Gasteiger partial charge >= 0.3 is 0 Å². The van der Waals surface area contributed by atoms with E-state index in [1.54, 1.807) is 18.2 Å². The minimum Gasteiger partial charge on any atom is -0.393 e. The fraction of sp³-hybridized carbons (Fsp3) is 0.421. The predicted molar refractivity (Wildman–Crippen MR) is 97.5 cm³/mol. The molecule has 0 spiro atoms. The van der Waals surface area contributed by atoms with Gasteiger partial charge in [0.1, 0.15) is 5.69 Å². The molecule has 0 radical (unpaired) electrons. The summed E-state index contributed by atoms with van der Waals surface area (Å²) in [6.45, 7) is 2.41. The molecule has 2 unspecified atom stereocenters. The molecule has 2 N–H and O–H groups in total. The number of hydrogen-bond acceptors (Lipinski definition) is 4. The Morgan fingerprint density at radius 2 is 2.04 bits per heavy atom. The van der Waals surface area contributed by atoms with E-state index in [9.17, 15) is 9.90 Å². The molecule has 1 aromatic heterocycles. The minimum atomic E-state index is -0.242. The lowest BCUT2D eigenvalue weighted by molar-refractivity contribution is 0.0870. The molecule has 132 valence electrons. The van der Waals surface area contributed by atoms with E-state index >= 15 is 0 Å². The molecule has 1 fully saturated rings. The number of nitrogens with one attached hydrogen (secondary N) is 1. The lowest BCUT2D eigenvalue weighted by Gasteiger charge is -2.25. The molecule has 0 saturated heterocycles. The normalized spacial score (nSPS) is 20.3. The molecular weight excluding hydrogens is 338 g/mol. The van der Waals surface area contributed by atoms with Crippen LogP contribution in [0.25, 0.3) is 11.4 Å². The van der Waals surface area contributed by atoms with Crippen LogP contribution in [0.15, 0.2) is 30.3 Å². The van der Waals surface area contributed by atoms with Crippen LogP contribution in [0, 0.1) is 12.8 Å². The topological polar surface area (TPSA) is 75.1 Å². The first-order valence-corrected chi connectivity index (χ1v) is 8.97. The number of carbonyl (C=O) groups excluding carboxylic acids is 1. The van der Waals surface area contributed by atoms with Crippen molar-refractivity contribution in [3.63, 3.8) is 0 Å². The minimum absolute atomic E-state index is 0.208. The molecule has 1 aliphatic carbocycles. The van der Waals surface area contributed by atoms with E-state index in [4.69, 9.17) is 11.6 Å². The van der Waals surface area contributed by atoms with Crippen LogP contribution < -0.4 is 5.32 Å². The number of aliphatic hydroxyl groups excluding tert-OH is 1. The Morgan fingerprint density at radius 1 is 1.28 bits per heavy atom. The Bertz CT molecular complexity index is 749. The zero-order valence-corrected chi connectivity index (χ0v) is 15.0. The van der Waals surface area contributed by atoms with Gasteiger partial charge in [-0.05, 0) is 62.4 Å². The molecule has 1 aliphatic rings. The van der Waals surface area contributed by atoms with E-state index in [-0.39, 0.29) is 12.0 Å². The third kappa shape index (κ3) is 4.77. The van der Waals surface area contributed by atoms with Crippen molar-refractivity contribution in [2.24, 2.45) is 5.92 Å². The maximum atomic E-state index is 12.5. The number of carbonyl (C=O) groups is 1. The van der Waals surface area contributed by atoms with E-state index in [1.807, 2.05) is 19.1 Å². The van der Waals surface area contributed by atoms with Gasteiger partial charge in [0.25, 0.3) is 5.91 Å². The quantitative estimate of drug-likeness (QED) is 0.877. The first-order valence-electron chi connectivity index (χ1n) is 8.59. The Hall–Kier alpha value is -1.98. The van der Waals surface area contributed by atoms with Gasteiger partial charge in [-0.2, -0.15) is 0 Å². The highest BCUT2D eigenvalue weighted by atomic mass is 35.5. The zero-order valence-electron chi connectivity index (χ0n) is 14.2.